The van der Waals surface area contributed by atoms with Crippen LogP contribution in [0.1, 0.15) is 19.4 Å². The molecule has 1 heterocycles. The third kappa shape index (κ3) is 1.31. The first kappa shape index (κ1) is 8.64. The van der Waals surface area contributed by atoms with Crippen LogP contribution in [0, 0.1) is 0 Å². The number of thioether (sulfide) groups is 1. The van der Waals surface area contributed by atoms with Crippen molar-refractivity contribution in [2.24, 2.45) is 0 Å². The summed E-state index contributed by atoms with van der Waals surface area (Å²) in [6, 6.07) is 6.58. The number of halogens is 1. The van der Waals surface area contributed by atoms with Crippen LogP contribution in [0.4, 0.5) is 0 Å². The van der Waals surface area contributed by atoms with E-state index in [0.717, 1.165) is 0 Å². The number of hydrogen-bond donors (Lipinski definition) is 0. The highest BCUT2D eigenvalue weighted by Crippen LogP contribution is 2.44. The quantitative estimate of drug-likeness (QED) is 0.667. The van der Waals surface area contributed by atoms with Crippen molar-refractivity contribution in [3.05, 3.63) is 28.2 Å². The zero-order valence-electron chi connectivity index (χ0n) is 7.23. The van der Waals surface area contributed by atoms with Crippen molar-refractivity contribution in [3.63, 3.8) is 0 Å². The molecule has 0 fully saturated rings. The molecule has 2 rings (SSSR count). The molecule has 1 aromatic carbocycles. The molecule has 2 heteroatoms. The minimum atomic E-state index is 0.362. The molecule has 0 bridgehead atoms. The Morgan fingerprint density at radius 3 is 2.92 bits per heavy atom. The maximum absolute atomic E-state index is 3.49. The largest absolute Gasteiger partial charge is 0.125 e. The third-order valence-electron chi connectivity index (χ3n) is 2.26. The summed E-state index contributed by atoms with van der Waals surface area (Å²) in [7, 11) is 0. The second kappa shape index (κ2) is 2.78. The molecule has 0 nitrogen and oxygen atoms in total. The Kier molecular flexibility index (Phi) is 2.00. The molecule has 0 aliphatic carbocycles. The molecule has 12 heavy (non-hydrogen) atoms. The number of benzene rings is 1. The lowest BCUT2D eigenvalue weighted by Gasteiger charge is -2.17. The maximum atomic E-state index is 3.49. The average Bonchev–Trinajstić information content (AvgIpc) is 2.27. The second-order valence-electron chi connectivity index (χ2n) is 3.81. The Hall–Kier alpha value is 0.0500. The highest BCUT2D eigenvalue weighted by molar-refractivity contribution is 9.10. The maximum Gasteiger partial charge on any atom is 0.0186 e. The van der Waals surface area contributed by atoms with E-state index in [4.69, 9.17) is 0 Å². The summed E-state index contributed by atoms with van der Waals surface area (Å²) < 4.78 is 1.19. The highest BCUT2D eigenvalue weighted by Gasteiger charge is 2.29. The van der Waals surface area contributed by atoms with E-state index in [9.17, 15) is 0 Å². The number of rotatable bonds is 0. The van der Waals surface area contributed by atoms with Gasteiger partial charge in [-0.15, -0.1) is 11.8 Å². The minimum absolute atomic E-state index is 0.362. The SMILES string of the molecule is CC1(C)CSc2cc(Br)ccc21. The molecule has 0 atom stereocenters. The normalized spacial score (nSPS) is 19.2. The van der Waals surface area contributed by atoms with Gasteiger partial charge in [-0.1, -0.05) is 35.8 Å². The smallest absolute Gasteiger partial charge is 0.0186 e. The van der Waals surface area contributed by atoms with Gasteiger partial charge in [0, 0.05) is 20.5 Å². The average molecular weight is 243 g/mol. The molecule has 0 saturated heterocycles. The van der Waals surface area contributed by atoms with Gasteiger partial charge in [-0.25, -0.2) is 0 Å². The Morgan fingerprint density at radius 1 is 1.42 bits per heavy atom. The fraction of sp³-hybridized carbons (Fsp3) is 0.400. The van der Waals surface area contributed by atoms with E-state index in [1.165, 1.54) is 20.7 Å². The lowest BCUT2D eigenvalue weighted by molar-refractivity contribution is 0.605. The first-order chi connectivity index (χ1) is 5.59. The molecule has 1 aliphatic heterocycles. The van der Waals surface area contributed by atoms with Crippen LogP contribution in [0.25, 0.3) is 0 Å². The van der Waals surface area contributed by atoms with E-state index in [-0.39, 0.29) is 0 Å². The summed E-state index contributed by atoms with van der Waals surface area (Å²) in [5.74, 6) is 1.21. The van der Waals surface area contributed by atoms with Gasteiger partial charge in [0.2, 0.25) is 0 Å². The molecule has 0 amide bonds. The van der Waals surface area contributed by atoms with E-state index in [2.05, 4.69) is 48.0 Å². The molecule has 0 aromatic heterocycles. The van der Waals surface area contributed by atoms with Crippen molar-refractivity contribution in [1.29, 1.82) is 0 Å². The molecule has 0 unspecified atom stereocenters. The van der Waals surface area contributed by atoms with E-state index in [1.807, 2.05) is 11.8 Å². The Balaban J connectivity index is 2.55. The van der Waals surface area contributed by atoms with Crippen LogP contribution in [-0.4, -0.2) is 5.75 Å². The predicted molar refractivity (Wildman–Crippen MR) is 57.9 cm³/mol. The minimum Gasteiger partial charge on any atom is -0.125 e. The number of hydrogen-bond acceptors (Lipinski definition) is 1. The first-order valence-electron chi connectivity index (χ1n) is 4.02. The fourth-order valence-corrected chi connectivity index (χ4v) is 3.41. The Labute approximate surface area is 85.9 Å². The molecule has 1 aliphatic rings. The molecular formula is C10H11BrS. The van der Waals surface area contributed by atoms with E-state index >= 15 is 0 Å². The summed E-state index contributed by atoms with van der Waals surface area (Å²) in [6.07, 6.45) is 0. The molecule has 0 saturated carbocycles. The van der Waals surface area contributed by atoms with Gasteiger partial charge in [0.1, 0.15) is 0 Å². The lowest BCUT2D eigenvalue weighted by Crippen LogP contribution is -2.15. The third-order valence-corrected chi connectivity index (χ3v) is 4.27. The van der Waals surface area contributed by atoms with Crippen LogP contribution >= 0.6 is 27.7 Å². The summed E-state index contributed by atoms with van der Waals surface area (Å²) in [5, 5.41) is 0. The Bertz CT molecular complexity index is 318. The lowest BCUT2D eigenvalue weighted by atomic mass is 9.87. The van der Waals surface area contributed by atoms with Gasteiger partial charge in [0.05, 0.1) is 0 Å². The standard InChI is InChI=1S/C10H11BrS/c1-10(2)6-12-9-5-7(11)3-4-8(9)10/h3-5H,6H2,1-2H3. The van der Waals surface area contributed by atoms with Gasteiger partial charge >= 0.3 is 0 Å². The van der Waals surface area contributed by atoms with Gasteiger partial charge in [-0.05, 0) is 17.7 Å². The predicted octanol–water partition coefficient (Wildman–Crippen LogP) is 3.83. The second-order valence-corrected chi connectivity index (χ2v) is 5.75. The summed E-state index contributed by atoms with van der Waals surface area (Å²) in [5.41, 5.74) is 1.86. The zero-order valence-corrected chi connectivity index (χ0v) is 9.63. The number of fused-ring (bicyclic) bond motifs is 1. The van der Waals surface area contributed by atoms with Crippen molar-refractivity contribution in [2.75, 3.05) is 5.75 Å². The van der Waals surface area contributed by atoms with Crippen LogP contribution in [-0.2, 0) is 5.41 Å². The van der Waals surface area contributed by atoms with Crippen molar-refractivity contribution in [2.45, 2.75) is 24.2 Å². The van der Waals surface area contributed by atoms with E-state index < -0.39 is 0 Å². The van der Waals surface area contributed by atoms with Crippen molar-refractivity contribution < 1.29 is 0 Å². The van der Waals surface area contributed by atoms with Crippen LogP contribution < -0.4 is 0 Å². The molecular weight excluding hydrogens is 232 g/mol. The molecule has 0 spiro atoms. The molecule has 0 N–H and O–H groups in total. The monoisotopic (exact) mass is 242 g/mol. The van der Waals surface area contributed by atoms with E-state index in [0.29, 0.717) is 5.41 Å². The van der Waals surface area contributed by atoms with Gasteiger partial charge in [0.15, 0.2) is 0 Å². The summed E-state index contributed by atoms with van der Waals surface area (Å²) in [4.78, 5) is 1.44. The Morgan fingerprint density at radius 2 is 2.17 bits per heavy atom. The topological polar surface area (TPSA) is 0 Å². The van der Waals surface area contributed by atoms with E-state index in [1.54, 1.807) is 0 Å². The molecule has 0 radical (unpaired) electrons. The summed E-state index contributed by atoms with van der Waals surface area (Å²) in [6.45, 7) is 4.61. The van der Waals surface area contributed by atoms with Crippen molar-refractivity contribution in [1.82, 2.24) is 0 Å². The van der Waals surface area contributed by atoms with Crippen LogP contribution in [0.2, 0.25) is 0 Å². The van der Waals surface area contributed by atoms with Crippen LogP contribution in [0.5, 0.6) is 0 Å². The van der Waals surface area contributed by atoms with Crippen LogP contribution in [0.15, 0.2) is 27.6 Å². The fourth-order valence-electron chi connectivity index (χ4n) is 1.51. The first-order valence-corrected chi connectivity index (χ1v) is 5.80. The van der Waals surface area contributed by atoms with Gasteiger partial charge < -0.3 is 0 Å². The van der Waals surface area contributed by atoms with Gasteiger partial charge in [-0.2, -0.15) is 0 Å². The zero-order chi connectivity index (χ0) is 8.77. The van der Waals surface area contributed by atoms with Crippen LogP contribution in [0.3, 0.4) is 0 Å². The molecule has 64 valence electrons. The molecule has 1 aromatic rings. The van der Waals surface area contributed by atoms with Gasteiger partial charge in [-0.3, -0.25) is 0 Å². The van der Waals surface area contributed by atoms with Gasteiger partial charge in [0.25, 0.3) is 0 Å². The van der Waals surface area contributed by atoms with Crippen molar-refractivity contribution >= 4 is 27.7 Å². The summed E-state index contributed by atoms with van der Waals surface area (Å²) >= 11 is 5.45. The van der Waals surface area contributed by atoms with Crippen molar-refractivity contribution in [3.8, 4) is 0 Å². The highest BCUT2D eigenvalue weighted by atomic mass is 79.9.